The summed E-state index contributed by atoms with van der Waals surface area (Å²) in [5.74, 6) is 0.279. The van der Waals surface area contributed by atoms with Gasteiger partial charge in [0, 0.05) is 10.4 Å². The van der Waals surface area contributed by atoms with Gasteiger partial charge in [-0.05, 0) is 54.0 Å². The van der Waals surface area contributed by atoms with E-state index in [-0.39, 0.29) is 11.8 Å². The van der Waals surface area contributed by atoms with Crippen molar-refractivity contribution in [3.05, 3.63) is 28.7 Å². The van der Waals surface area contributed by atoms with Crippen LogP contribution >= 0.6 is 15.9 Å². The van der Waals surface area contributed by atoms with Crippen LogP contribution < -0.4 is 10.6 Å². The summed E-state index contributed by atoms with van der Waals surface area (Å²) in [6.45, 7) is 1.88. The van der Waals surface area contributed by atoms with Gasteiger partial charge in [-0.1, -0.05) is 12.1 Å². The molecule has 1 aromatic rings. The molecule has 0 aromatic heterocycles. The van der Waals surface area contributed by atoms with Gasteiger partial charge >= 0.3 is 0 Å². The lowest BCUT2D eigenvalue weighted by Crippen LogP contribution is -2.34. The molecule has 16 heavy (non-hydrogen) atoms. The molecular formula is C12H15BrN2O. The Balaban J connectivity index is 1.99. The van der Waals surface area contributed by atoms with Crippen molar-refractivity contribution in [2.24, 2.45) is 5.92 Å². The molecule has 1 fully saturated rings. The molecule has 1 aliphatic heterocycles. The van der Waals surface area contributed by atoms with Crippen LogP contribution in [0.4, 0.5) is 5.69 Å². The second kappa shape index (κ2) is 5.46. The van der Waals surface area contributed by atoms with Crippen LogP contribution in [0.2, 0.25) is 0 Å². The number of carbonyl (C=O) groups excluding carboxylic acids is 1. The van der Waals surface area contributed by atoms with Crippen molar-refractivity contribution in [3.8, 4) is 0 Å². The van der Waals surface area contributed by atoms with Gasteiger partial charge in [-0.3, -0.25) is 4.79 Å². The van der Waals surface area contributed by atoms with E-state index in [1.807, 2.05) is 24.3 Å². The van der Waals surface area contributed by atoms with Gasteiger partial charge in [0.2, 0.25) is 5.91 Å². The number of carbonyl (C=O) groups is 1. The Hall–Kier alpha value is -0.870. The molecule has 0 bridgehead atoms. The van der Waals surface area contributed by atoms with E-state index in [2.05, 4.69) is 26.6 Å². The van der Waals surface area contributed by atoms with E-state index in [9.17, 15) is 4.79 Å². The van der Waals surface area contributed by atoms with Gasteiger partial charge in [-0.2, -0.15) is 0 Å². The van der Waals surface area contributed by atoms with Crippen molar-refractivity contribution in [2.75, 3.05) is 18.4 Å². The molecule has 0 atom stereocenters. The summed E-state index contributed by atoms with van der Waals surface area (Å²) < 4.78 is 0.928. The number of halogens is 1. The standard InChI is InChI=1S/C12H15BrN2O/c13-10-3-1-2-4-11(10)15-12(16)9-5-7-14-8-6-9/h1-4,9,14H,5-8H2,(H,15,16). The lowest BCUT2D eigenvalue weighted by Gasteiger charge is -2.22. The number of anilines is 1. The normalized spacial score (nSPS) is 17.1. The van der Waals surface area contributed by atoms with Gasteiger partial charge in [-0.15, -0.1) is 0 Å². The fourth-order valence-corrected chi connectivity index (χ4v) is 2.27. The number of piperidine rings is 1. The third-order valence-corrected chi connectivity index (χ3v) is 3.53. The lowest BCUT2D eigenvalue weighted by molar-refractivity contribution is -0.120. The highest BCUT2D eigenvalue weighted by Gasteiger charge is 2.21. The number of nitrogens with one attached hydrogen (secondary N) is 2. The third kappa shape index (κ3) is 2.83. The van der Waals surface area contributed by atoms with E-state index < -0.39 is 0 Å². The van der Waals surface area contributed by atoms with Crippen molar-refractivity contribution >= 4 is 27.5 Å². The Bertz CT molecular complexity index is 375. The Labute approximate surface area is 104 Å². The molecule has 1 aliphatic rings. The van der Waals surface area contributed by atoms with Crippen molar-refractivity contribution in [3.63, 3.8) is 0 Å². The summed E-state index contributed by atoms with van der Waals surface area (Å²) in [6.07, 6.45) is 1.85. The van der Waals surface area contributed by atoms with E-state index in [1.165, 1.54) is 0 Å². The third-order valence-electron chi connectivity index (χ3n) is 2.84. The summed E-state index contributed by atoms with van der Waals surface area (Å²) >= 11 is 3.42. The lowest BCUT2D eigenvalue weighted by atomic mass is 9.97. The van der Waals surface area contributed by atoms with Crippen LogP contribution in [0.3, 0.4) is 0 Å². The minimum absolute atomic E-state index is 0.133. The summed E-state index contributed by atoms with van der Waals surface area (Å²) in [5.41, 5.74) is 0.853. The quantitative estimate of drug-likeness (QED) is 0.875. The molecule has 1 aromatic carbocycles. The van der Waals surface area contributed by atoms with E-state index in [1.54, 1.807) is 0 Å². The van der Waals surface area contributed by atoms with Crippen LogP contribution in [0.25, 0.3) is 0 Å². The average molecular weight is 283 g/mol. The van der Waals surface area contributed by atoms with Gasteiger partial charge in [0.05, 0.1) is 5.69 Å². The van der Waals surface area contributed by atoms with Crippen LogP contribution in [0.5, 0.6) is 0 Å². The van der Waals surface area contributed by atoms with Gasteiger partial charge in [0.15, 0.2) is 0 Å². The Morgan fingerprint density at radius 3 is 2.69 bits per heavy atom. The topological polar surface area (TPSA) is 41.1 Å². The van der Waals surface area contributed by atoms with Crippen LogP contribution in [0.15, 0.2) is 28.7 Å². The van der Waals surface area contributed by atoms with Crippen molar-refractivity contribution in [1.82, 2.24) is 5.32 Å². The predicted molar refractivity (Wildman–Crippen MR) is 68.4 cm³/mol. The maximum atomic E-state index is 12.0. The van der Waals surface area contributed by atoms with Gasteiger partial charge < -0.3 is 10.6 Å². The molecule has 1 saturated heterocycles. The zero-order valence-electron chi connectivity index (χ0n) is 9.00. The minimum atomic E-state index is 0.133. The zero-order valence-corrected chi connectivity index (χ0v) is 10.6. The molecule has 0 aliphatic carbocycles. The second-order valence-electron chi connectivity index (χ2n) is 3.99. The maximum absolute atomic E-state index is 12.0. The molecule has 0 spiro atoms. The molecular weight excluding hydrogens is 268 g/mol. The summed E-state index contributed by atoms with van der Waals surface area (Å²) in [4.78, 5) is 12.0. The second-order valence-corrected chi connectivity index (χ2v) is 4.85. The van der Waals surface area contributed by atoms with Crippen LogP contribution in [0.1, 0.15) is 12.8 Å². The Morgan fingerprint density at radius 2 is 2.00 bits per heavy atom. The molecule has 2 N–H and O–H groups in total. The number of benzene rings is 1. The fourth-order valence-electron chi connectivity index (χ4n) is 1.88. The van der Waals surface area contributed by atoms with Crippen molar-refractivity contribution in [1.29, 1.82) is 0 Å². The molecule has 1 amide bonds. The first-order valence-corrected chi connectivity index (χ1v) is 6.33. The van der Waals surface area contributed by atoms with Gasteiger partial charge in [0.25, 0.3) is 0 Å². The fraction of sp³-hybridized carbons (Fsp3) is 0.417. The molecule has 0 unspecified atom stereocenters. The van der Waals surface area contributed by atoms with Crippen molar-refractivity contribution in [2.45, 2.75) is 12.8 Å². The van der Waals surface area contributed by atoms with Crippen LogP contribution in [-0.4, -0.2) is 19.0 Å². The van der Waals surface area contributed by atoms with E-state index in [0.717, 1.165) is 36.1 Å². The SMILES string of the molecule is O=C(Nc1ccccc1Br)C1CCNCC1. The number of hydrogen-bond donors (Lipinski definition) is 2. The zero-order chi connectivity index (χ0) is 11.4. The number of para-hydroxylation sites is 1. The minimum Gasteiger partial charge on any atom is -0.325 e. The molecule has 2 rings (SSSR count). The Morgan fingerprint density at radius 1 is 1.31 bits per heavy atom. The van der Waals surface area contributed by atoms with Crippen LogP contribution in [-0.2, 0) is 4.79 Å². The Kier molecular flexibility index (Phi) is 3.96. The summed E-state index contributed by atoms with van der Waals surface area (Å²) in [6, 6.07) is 7.69. The van der Waals surface area contributed by atoms with E-state index >= 15 is 0 Å². The monoisotopic (exact) mass is 282 g/mol. The average Bonchev–Trinajstić information content (AvgIpc) is 2.33. The van der Waals surface area contributed by atoms with Gasteiger partial charge in [-0.25, -0.2) is 0 Å². The number of rotatable bonds is 2. The molecule has 0 radical (unpaired) electrons. The highest BCUT2D eigenvalue weighted by atomic mass is 79.9. The van der Waals surface area contributed by atoms with E-state index in [4.69, 9.17) is 0 Å². The van der Waals surface area contributed by atoms with E-state index in [0.29, 0.717) is 0 Å². The highest BCUT2D eigenvalue weighted by Crippen LogP contribution is 2.23. The molecule has 0 saturated carbocycles. The summed E-state index contributed by atoms with van der Waals surface area (Å²) in [5, 5.41) is 6.22. The smallest absolute Gasteiger partial charge is 0.227 e. The van der Waals surface area contributed by atoms with Crippen molar-refractivity contribution < 1.29 is 4.79 Å². The first-order valence-electron chi connectivity index (χ1n) is 5.53. The largest absolute Gasteiger partial charge is 0.325 e. The molecule has 3 nitrogen and oxygen atoms in total. The van der Waals surface area contributed by atoms with Crippen LogP contribution in [0, 0.1) is 5.92 Å². The molecule has 1 heterocycles. The molecule has 4 heteroatoms. The number of hydrogen-bond acceptors (Lipinski definition) is 2. The number of amides is 1. The first kappa shape index (κ1) is 11.6. The summed E-state index contributed by atoms with van der Waals surface area (Å²) in [7, 11) is 0. The maximum Gasteiger partial charge on any atom is 0.227 e. The highest BCUT2D eigenvalue weighted by molar-refractivity contribution is 9.10. The molecule has 86 valence electrons. The first-order chi connectivity index (χ1) is 7.77. The van der Waals surface area contributed by atoms with Gasteiger partial charge in [0.1, 0.15) is 0 Å². The predicted octanol–water partition coefficient (Wildman–Crippen LogP) is 2.39.